The zero-order valence-corrected chi connectivity index (χ0v) is 17.1. The fourth-order valence-electron chi connectivity index (χ4n) is 2.39. The van der Waals surface area contributed by atoms with Gasteiger partial charge >= 0.3 is 0 Å². The monoisotopic (exact) mass is 404 g/mol. The lowest BCUT2D eigenvalue weighted by atomic mass is 10.1. The first kappa shape index (κ1) is 21.4. The summed E-state index contributed by atoms with van der Waals surface area (Å²) in [6, 6.07) is 11.2. The SMILES string of the molecule is COc1cc(C(=O)NNC(=O)CSCc2ccc(C)cc2)cc(OC)c1OC. The molecule has 0 unspecified atom stereocenters. The molecular weight excluding hydrogens is 380 g/mol. The average Bonchev–Trinajstić information content (AvgIpc) is 2.72. The number of nitrogens with one attached hydrogen (secondary N) is 2. The standard InChI is InChI=1S/C20H24N2O5S/c1-13-5-7-14(8-6-13)11-28-12-18(23)21-22-20(24)15-9-16(25-2)19(27-4)17(10-15)26-3/h5-10H,11-12H2,1-4H3,(H,21,23)(H,22,24). The van der Waals surface area contributed by atoms with Gasteiger partial charge in [0, 0.05) is 11.3 Å². The maximum Gasteiger partial charge on any atom is 0.269 e. The third-order valence-electron chi connectivity index (χ3n) is 3.86. The predicted molar refractivity (Wildman–Crippen MR) is 109 cm³/mol. The summed E-state index contributed by atoms with van der Waals surface area (Å²) in [6.07, 6.45) is 0. The number of benzene rings is 2. The highest BCUT2D eigenvalue weighted by Crippen LogP contribution is 2.38. The Morgan fingerprint density at radius 3 is 2.07 bits per heavy atom. The number of amides is 2. The van der Waals surface area contributed by atoms with Crippen molar-refractivity contribution in [1.29, 1.82) is 0 Å². The van der Waals surface area contributed by atoms with E-state index in [-0.39, 0.29) is 17.2 Å². The van der Waals surface area contributed by atoms with Crippen molar-refractivity contribution in [1.82, 2.24) is 10.9 Å². The molecule has 0 atom stereocenters. The molecule has 0 aliphatic heterocycles. The summed E-state index contributed by atoms with van der Waals surface area (Å²) in [5.74, 6) is 1.25. The fourth-order valence-corrected chi connectivity index (χ4v) is 3.18. The molecule has 0 spiro atoms. The number of carbonyl (C=O) groups excluding carboxylic acids is 2. The van der Waals surface area contributed by atoms with E-state index in [9.17, 15) is 9.59 Å². The van der Waals surface area contributed by atoms with Crippen molar-refractivity contribution in [3.63, 3.8) is 0 Å². The van der Waals surface area contributed by atoms with Crippen molar-refractivity contribution in [3.8, 4) is 17.2 Å². The van der Waals surface area contributed by atoms with Crippen LogP contribution in [0, 0.1) is 6.92 Å². The maximum atomic E-state index is 12.3. The van der Waals surface area contributed by atoms with Gasteiger partial charge in [-0.3, -0.25) is 20.4 Å². The van der Waals surface area contributed by atoms with Gasteiger partial charge in [-0.25, -0.2) is 0 Å². The summed E-state index contributed by atoms with van der Waals surface area (Å²) in [4.78, 5) is 24.3. The normalized spacial score (nSPS) is 10.1. The van der Waals surface area contributed by atoms with Gasteiger partial charge in [0.15, 0.2) is 11.5 Å². The summed E-state index contributed by atoms with van der Waals surface area (Å²) in [6.45, 7) is 2.03. The molecule has 28 heavy (non-hydrogen) atoms. The van der Waals surface area contributed by atoms with Gasteiger partial charge in [-0.15, -0.1) is 11.8 Å². The van der Waals surface area contributed by atoms with Crippen molar-refractivity contribution in [3.05, 3.63) is 53.1 Å². The molecule has 0 saturated carbocycles. The Kier molecular flexibility index (Phi) is 8.01. The lowest BCUT2D eigenvalue weighted by Crippen LogP contribution is -2.42. The highest BCUT2D eigenvalue weighted by molar-refractivity contribution is 7.99. The smallest absolute Gasteiger partial charge is 0.269 e. The summed E-state index contributed by atoms with van der Waals surface area (Å²) >= 11 is 1.46. The van der Waals surface area contributed by atoms with E-state index in [1.54, 1.807) is 0 Å². The first-order chi connectivity index (χ1) is 13.5. The minimum Gasteiger partial charge on any atom is -0.493 e. The van der Waals surface area contributed by atoms with Crippen LogP contribution < -0.4 is 25.1 Å². The molecule has 2 N–H and O–H groups in total. The lowest BCUT2D eigenvalue weighted by Gasteiger charge is -2.14. The van der Waals surface area contributed by atoms with Crippen LogP contribution in [-0.2, 0) is 10.5 Å². The van der Waals surface area contributed by atoms with E-state index in [0.29, 0.717) is 23.0 Å². The van der Waals surface area contributed by atoms with Crippen LogP contribution in [0.5, 0.6) is 17.2 Å². The molecule has 2 aromatic rings. The third kappa shape index (κ3) is 5.82. The first-order valence-electron chi connectivity index (χ1n) is 8.51. The van der Waals surface area contributed by atoms with Gasteiger partial charge in [0.2, 0.25) is 11.7 Å². The first-order valence-corrected chi connectivity index (χ1v) is 9.66. The molecule has 7 nitrogen and oxygen atoms in total. The van der Waals surface area contributed by atoms with Crippen molar-refractivity contribution in [2.24, 2.45) is 0 Å². The molecule has 0 fully saturated rings. The van der Waals surface area contributed by atoms with Gasteiger partial charge in [-0.1, -0.05) is 29.8 Å². The van der Waals surface area contributed by atoms with Gasteiger partial charge in [0.25, 0.3) is 5.91 Å². The molecule has 2 rings (SSSR count). The number of rotatable bonds is 8. The number of carbonyl (C=O) groups is 2. The maximum absolute atomic E-state index is 12.3. The highest BCUT2D eigenvalue weighted by atomic mass is 32.2. The van der Waals surface area contributed by atoms with Crippen LogP contribution in [0.25, 0.3) is 0 Å². The van der Waals surface area contributed by atoms with Crippen LogP contribution in [0.3, 0.4) is 0 Å². The van der Waals surface area contributed by atoms with Gasteiger partial charge in [0.05, 0.1) is 27.1 Å². The largest absolute Gasteiger partial charge is 0.493 e. The second kappa shape index (κ2) is 10.5. The second-order valence-electron chi connectivity index (χ2n) is 5.89. The van der Waals surface area contributed by atoms with Gasteiger partial charge in [-0.2, -0.15) is 0 Å². The molecular formula is C20H24N2O5S. The van der Waals surface area contributed by atoms with Crippen LogP contribution in [0.15, 0.2) is 36.4 Å². The Balaban J connectivity index is 1.87. The summed E-state index contributed by atoms with van der Waals surface area (Å²) in [7, 11) is 4.41. The minimum atomic E-state index is -0.490. The number of hydrogen-bond donors (Lipinski definition) is 2. The molecule has 150 valence electrons. The van der Waals surface area contributed by atoms with Crippen molar-refractivity contribution >= 4 is 23.6 Å². The topological polar surface area (TPSA) is 85.9 Å². The van der Waals surface area contributed by atoms with Crippen molar-refractivity contribution in [2.75, 3.05) is 27.1 Å². The number of aryl methyl sites for hydroxylation is 1. The molecule has 2 amide bonds. The lowest BCUT2D eigenvalue weighted by molar-refractivity contribution is -0.119. The Bertz CT molecular complexity index is 799. The Labute approximate surface area is 168 Å². The summed E-state index contributed by atoms with van der Waals surface area (Å²) < 4.78 is 15.7. The molecule has 0 radical (unpaired) electrons. The molecule has 0 aliphatic carbocycles. The molecule has 0 aliphatic rings. The highest BCUT2D eigenvalue weighted by Gasteiger charge is 2.17. The fraction of sp³-hybridized carbons (Fsp3) is 0.300. The number of methoxy groups -OCH3 is 3. The predicted octanol–water partition coefficient (Wildman–Crippen LogP) is 2.72. The molecule has 0 bridgehead atoms. The van der Waals surface area contributed by atoms with Crippen LogP contribution in [0.2, 0.25) is 0 Å². The van der Waals surface area contributed by atoms with E-state index in [1.807, 2.05) is 31.2 Å². The van der Waals surface area contributed by atoms with E-state index >= 15 is 0 Å². The second-order valence-corrected chi connectivity index (χ2v) is 6.88. The molecule has 2 aromatic carbocycles. The van der Waals surface area contributed by atoms with E-state index in [2.05, 4.69) is 10.9 Å². The average molecular weight is 404 g/mol. The van der Waals surface area contributed by atoms with Crippen LogP contribution in [0.1, 0.15) is 21.5 Å². The van der Waals surface area contributed by atoms with Gasteiger partial charge in [0.1, 0.15) is 0 Å². The van der Waals surface area contributed by atoms with Crippen molar-refractivity contribution < 1.29 is 23.8 Å². The van der Waals surface area contributed by atoms with E-state index < -0.39 is 5.91 Å². The van der Waals surface area contributed by atoms with Crippen molar-refractivity contribution in [2.45, 2.75) is 12.7 Å². The number of hydrazine groups is 1. The van der Waals surface area contributed by atoms with Gasteiger partial charge < -0.3 is 14.2 Å². The van der Waals surface area contributed by atoms with Crippen LogP contribution in [0.4, 0.5) is 0 Å². The number of ether oxygens (including phenoxy) is 3. The van der Waals surface area contributed by atoms with E-state index in [0.717, 1.165) is 5.56 Å². The number of hydrogen-bond acceptors (Lipinski definition) is 6. The Hall–Kier alpha value is -2.87. The third-order valence-corrected chi connectivity index (χ3v) is 4.87. The summed E-state index contributed by atoms with van der Waals surface area (Å²) in [5.41, 5.74) is 7.40. The Morgan fingerprint density at radius 1 is 0.929 bits per heavy atom. The minimum absolute atomic E-state index is 0.226. The molecule has 0 aromatic heterocycles. The molecule has 8 heteroatoms. The molecule has 0 heterocycles. The van der Waals surface area contributed by atoms with Crippen LogP contribution in [-0.4, -0.2) is 38.9 Å². The zero-order chi connectivity index (χ0) is 20.5. The number of thioether (sulfide) groups is 1. The summed E-state index contributed by atoms with van der Waals surface area (Å²) in [5, 5.41) is 0. The Morgan fingerprint density at radius 2 is 1.54 bits per heavy atom. The van der Waals surface area contributed by atoms with E-state index in [1.165, 1.54) is 50.8 Å². The quantitative estimate of drug-likeness (QED) is 0.658. The van der Waals surface area contributed by atoms with Crippen LogP contribution >= 0.6 is 11.8 Å². The molecule has 0 saturated heterocycles. The van der Waals surface area contributed by atoms with Gasteiger partial charge in [-0.05, 0) is 24.6 Å². The zero-order valence-electron chi connectivity index (χ0n) is 16.3. The van der Waals surface area contributed by atoms with E-state index in [4.69, 9.17) is 14.2 Å².